The average Bonchev–Trinajstić information content (AvgIpc) is 2.50. The Bertz CT molecular complexity index is 498. The molecular weight excluding hydrogens is 310 g/mol. The number of benzene rings is 1. The molecule has 1 amide bonds. The molecule has 1 aromatic rings. The Morgan fingerprint density at radius 2 is 1.83 bits per heavy atom. The number of rotatable bonds is 9. The van der Waals surface area contributed by atoms with Crippen LogP contribution in [0.4, 0.5) is 4.79 Å². The second-order valence-electron chi connectivity index (χ2n) is 6.45. The van der Waals surface area contributed by atoms with Gasteiger partial charge in [0.1, 0.15) is 5.60 Å². The van der Waals surface area contributed by atoms with Gasteiger partial charge in [-0.05, 0) is 46.2 Å². The number of amides is 1. The third kappa shape index (κ3) is 8.06. The molecule has 136 valence electrons. The zero-order valence-electron chi connectivity index (χ0n) is 15.0. The van der Waals surface area contributed by atoms with Crippen LogP contribution in [0.2, 0.25) is 0 Å². The maximum atomic E-state index is 11.6. The molecule has 1 unspecified atom stereocenters. The quantitative estimate of drug-likeness (QED) is 0.723. The smallest absolute Gasteiger partial charge is 0.407 e. The highest BCUT2D eigenvalue weighted by molar-refractivity contribution is 5.67. The van der Waals surface area contributed by atoms with E-state index in [4.69, 9.17) is 14.2 Å². The Hall–Kier alpha value is -1.95. The molecule has 6 nitrogen and oxygen atoms in total. The van der Waals surface area contributed by atoms with Crippen molar-refractivity contribution in [3.05, 3.63) is 24.3 Å². The van der Waals surface area contributed by atoms with Crippen molar-refractivity contribution < 1.29 is 24.1 Å². The van der Waals surface area contributed by atoms with Crippen LogP contribution < -0.4 is 14.8 Å². The standard InChI is InChI=1S/C18H29NO5/c1-5-22-15-8-6-7-9-16(15)23-11-10-14(13-20)12-19-17(21)24-18(2,3)4/h6-9,14,20H,5,10-13H2,1-4H3,(H,19,21). The monoisotopic (exact) mass is 339 g/mol. The lowest BCUT2D eigenvalue weighted by Crippen LogP contribution is -2.36. The SMILES string of the molecule is CCOc1ccccc1OCCC(CO)CNC(=O)OC(C)(C)C. The van der Waals surface area contributed by atoms with Crippen LogP contribution in [0.25, 0.3) is 0 Å². The summed E-state index contributed by atoms with van der Waals surface area (Å²) in [4.78, 5) is 11.6. The molecule has 0 aliphatic carbocycles. The maximum Gasteiger partial charge on any atom is 0.407 e. The van der Waals surface area contributed by atoms with Gasteiger partial charge >= 0.3 is 6.09 Å². The van der Waals surface area contributed by atoms with E-state index in [2.05, 4.69) is 5.32 Å². The minimum atomic E-state index is -0.537. The first kappa shape index (κ1) is 20.1. The second kappa shape index (κ2) is 10.0. The number of ether oxygens (including phenoxy) is 3. The molecule has 0 saturated heterocycles. The third-order valence-electron chi connectivity index (χ3n) is 3.12. The fourth-order valence-corrected chi connectivity index (χ4v) is 1.98. The Balaban J connectivity index is 2.38. The number of carbonyl (C=O) groups excluding carboxylic acids is 1. The molecule has 0 fully saturated rings. The molecule has 24 heavy (non-hydrogen) atoms. The van der Waals surface area contributed by atoms with Gasteiger partial charge in [0.2, 0.25) is 0 Å². The van der Waals surface area contributed by atoms with Gasteiger partial charge in [-0.15, -0.1) is 0 Å². The summed E-state index contributed by atoms with van der Waals surface area (Å²) in [7, 11) is 0. The normalized spacial score (nSPS) is 12.4. The highest BCUT2D eigenvalue weighted by atomic mass is 16.6. The number of hydrogen-bond donors (Lipinski definition) is 2. The highest BCUT2D eigenvalue weighted by Gasteiger charge is 2.17. The van der Waals surface area contributed by atoms with Crippen LogP contribution in [-0.4, -0.2) is 43.2 Å². The summed E-state index contributed by atoms with van der Waals surface area (Å²) >= 11 is 0. The minimum absolute atomic E-state index is 0.0355. The summed E-state index contributed by atoms with van der Waals surface area (Å²) in [6, 6.07) is 7.47. The van der Waals surface area contributed by atoms with Crippen LogP contribution in [0.3, 0.4) is 0 Å². The summed E-state index contributed by atoms with van der Waals surface area (Å²) in [5.41, 5.74) is -0.537. The average molecular weight is 339 g/mol. The summed E-state index contributed by atoms with van der Waals surface area (Å²) in [6.07, 6.45) is 0.121. The molecule has 6 heteroatoms. The molecule has 2 N–H and O–H groups in total. The number of nitrogens with one attached hydrogen (secondary N) is 1. The van der Waals surface area contributed by atoms with Crippen LogP contribution in [0.15, 0.2) is 24.3 Å². The molecule has 0 bridgehead atoms. The van der Waals surface area contributed by atoms with Crippen molar-refractivity contribution in [3.8, 4) is 11.5 Å². The van der Waals surface area contributed by atoms with Gasteiger partial charge in [-0.2, -0.15) is 0 Å². The molecule has 0 radical (unpaired) electrons. The van der Waals surface area contributed by atoms with Gasteiger partial charge in [0.25, 0.3) is 0 Å². The lowest BCUT2D eigenvalue weighted by Gasteiger charge is -2.21. The van der Waals surface area contributed by atoms with Crippen molar-refractivity contribution in [2.75, 3.05) is 26.4 Å². The zero-order valence-corrected chi connectivity index (χ0v) is 15.0. The van der Waals surface area contributed by atoms with Gasteiger partial charge in [-0.3, -0.25) is 0 Å². The fraction of sp³-hybridized carbons (Fsp3) is 0.611. The Morgan fingerprint density at radius 3 is 2.38 bits per heavy atom. The van der Waals surface area contributed by atoms with E-state index in [0.29, 0.717) is 37.7 Å². The van der Waals surface area contributed by atoms with Crippen molar-refractivity contribution >= 4 is 6.09 Å². The zero-order chi connectivity index (χ0) is 18.0. The molecule has 1 aromatic carbocycles. The number of alkyl carbamates (subject to hydrolysis) is 1. The van der Waals surface area contributed by atoms with Crippen LogP contribution in [-0.2, 0) is 4.74 Å². The number of aliphatic hydroxyl groups excluding tert-OH is 1. The summed E-state index contributed by atoms with van der Waals surface area (Å²) in [6.45, 7) is 8.62. The van der Waals surface area contributed by atoms with Crippen LogP contribution >= 0.6 is 0 Å². The lowest BCUT2D eigenvalue weighted by atomic mass is 10.1. The minimum Gasteiger partial charge on any atom is -0.490 e. The lowest BCUT2D eigenvalue weighted by molar-refractivity contribution is 0.0508. The van der Waals surface area contributed by atoms with Crippen molar-refractivity contribution in [2.45, 2.75) is 39.7 Å². The van der Waals surface area contributed by atoms with Gasteiger partial charge in [-0.25, -0.2) is 4.79 Å². The van der Waals surface area contributed by atoms with E-state index in [1.807, 2.05) is 31.2 Å². The topological polar surface area (TPSA) is 77.0 Å². The molecule has 0 spiro atoms. The molecular formula is C18H29NO5. The third-order valence-corrected chi connectivity index (χ3v) is 3.12. The predicted octanol–water partition coefficient (Wildman–Crippen LogP) is 2.99. The predicted molar refractivity (Wildman–Crippen MR) is 92.5 cm³/mol. The first-order valence-corrected chi connectivity index (χ1v) is 8.28. The van der Waals surface area contributed by atoms with Crippen LogP contribution in [0.5, 0.6) is 11.5 Å². The van der Waals surface area contributed by atoms with Gasteiger partial charge in [0, 0.05) is 19.1 Å². The summed E-state index contributed by atoms with van der Waals surface area (Å²) in [5, 5.41) is 12.1. The van der Waals surface area contributed by atoms with Crippen molar-refractivity contribution in [1.82, 2.24) is 5.32 Å². The van der Waals surface area contributed by atoms with Crippen LogP contribution in [0.1, 0.15) is 34.1 Å². The van der Waals surface area contributed by atoms with Gasteiger partial charge < -0.3 is 24.6 Å². The molecule has 0 aliphatic heterocycles. The Labute approximate surface area is 144 Å². The van der Waals surface area contributed by atoms with Crippen molar-refractivity contribution in [1.29, 1.82) is 0 Å². The molecule has 1 rings (SSSR count). The van der Waals surface area contributed by atoms with Crippen molar-refractivity contribution in [3.63, 3.8) is 0 Å². The second-order valence-corrected chi connectivity index (χ2v) is 6.45. The van der Waals surface area contributed by atoms with E-state index >= 15 is 0 Å². The molecule has 0 saturated carbocycles. The molecule has 1 atom stereocenters. The van der Waals surface area contributed by atoms with E-state index in [0.717, 1.165) is 0 Å². The van der Waals surface area contributed by atoms with E-state index in [9.17, 15) is 9.90 Å². The van der Waals surface area contributed by atoms with Gasteiger partial charge in [-0.1, -0.05) is 12.1 Å². The van der Waals surface area contributed by atoms with Gasteiger partial charge in [0.15, 0.2) is 11.5 Å². The Morgan fingerprint density at radius 1 is 1.21 bits per heavy atom. The number of carbonyl (C=O) groups is 1. The molecule has 0 heterocycles. The number of hydrogen-bond acceptors (Lipinski definition) is 5. The molecule has 0 aromatic heterocycles. The van der Waals surface area contributed by atoms with Gasteiger partial charge in [0.05, 0.1) is 13.2 Å². The number of aliphatic hydroxyl groups is 1. The highest BCUT2D eigenvalue weighted by Crippen LogP contribution is 2.26. The van der Waals surface area contributed by atoms with E-state index in [1.165, 1.54) is 0 Å². The summed E-state index contributed by atoms with van der Waals surface area (Å²) in [5.74, 6) is 1.28. The van der Waals surface area contributed by atoms with Crippen LogP contribution in [0, 0.1) is 5.92 Å². The summed E-state index contributed by atoms with van der Waals surface area (Å²) < 4.78 is 16.4. The Kier molecular flexibility index (Phi) is 8.40. The molecule has 0 aliphatic rings. The maximum absolute atomic E-state index is 11.6. The largest absolute Gasteiger partial charge is 0.490 e. The van der Waals surface area contributed by atoms with E-state index in [1.54, 1.807) is 20.8 Å². The van der Waals surface area contributed by atoms with E-state index < -0.39 is 11.7 Å². The van der Waals surface area contributed by atoms with Crippen molar-refractivity contribution in [2.24, 2.45) is 5.92 Å². The fourth-order valence-electron chi connectivity index (χ4n) is 1.98. The first-order valence-electron chi connectivity index (χ1n) is 8.28. The number of para-hydroxylation sites is 2. The van der Waals surface area contributed by atoms with E-state index in [-0.39, 0.29) is 12.5 Å². The first-order chi connectivity index (χ1) is 11.4.